The van der Waals surface area contributed by atoms with Gasteiger partial charge in [0, 0.05) is 19.6 Å². The van der Waals surface area contributed by atoms with Crippen LogP contribution in [0.3, 0.4) is 0 Å². The second kappa shape index (κ2) is 6.83. The van der Waals surface area contributed by atoms with Gasteiger partial charge in [-0.2, -0.15) is 0 Å². The van der Waals surface area contributed by atoms with E-state index in [4.69, 9.17) is 4.99 Å². The smallest absolute Gasteiger partial charge is 0.194 e. The van der Waals surface area contributed by atoms with Crippen molar-refractivity contribution in [2.45, 2.75) is 32.6 Å². The Balaban J connectivity index is 1.57. The highest BCUT2D eigenvalue weighted by Crippen LogP contribution is 2.41. The van der Waals surface area contributed by atoms with E-state index < -0.39 is 9.84 Å². The third kappa shape index (κ3) is 4.72. The van der Waals surface area contributed by atoms with Crippen LogP contribution < -0.4 is 5.32 Å². The van der Waals surface area contributed by atoms with Crippen molar-refractivity contribution in [3.63, 3.8) is 0 Å². The summed E-state index contributed by atoms with van der Waals surface area (Å²) in [4.78, 5) is 7.06. The summed E-state index contributed by atoms with van der Waals surface area (Å²) in [6, 6.07) is 0. The van der Waals surface area contributed by atoms with E-state index in [-0.39, 0.29) is 5.92 Å². The average molecular weight is 340 g/mol. The Labute approximate surface area is 140 Å². The minimum Gasteiger partial charge on any atom is -0.356 e. The van der Waals surface area contributed by atoms with Gasteiger partial charge < -0.3 is 10.2 Å². The summed E-state index contributed by atoms with van der Waals surface area (Å²) in [5.74, 6) is 3.57. The number of guanidine groups is 1. The maximum Gasteiger partial charge on any atom is 0.194 e. The van der Waals surface area contributed by atoms with Crippen molar-refractivity contribution in [2.24, 2.45) is 22.7 Å². The Morgan fingerprint density at radius 1 is 1.26 bits per heavy atom. The Hall–Kier alpha value is -1.04. The molecule has 2 saturated heterocycles. The number of hydrogen-bond donors (Lipinski definition) is 1. The fraction of sp³-hybridized carbons (Fsp3) is 0.824. The molecule has 1 saturated carbocycles. The summed E-state index contributed by atoms with van der Waals surface area (Å²) >= 11 is 0. The predicted octanol–water partition coefficient (Wildman–Crippen LogP) is 1.67. The maximum atomic E-state index is 11.6. The Kier molecular flexibility index (Phi) is 4.99. The van der Waals surface area contributed by atoms with Gasteiger partial charge in [0.1, 0.15) is 0 Å². The molecule has 23 heavy (non-hydrogen) atoms. The van der Waals surface area contributed by atoms with E-state index in [2.05, 4.69) is 16.8 Å². The largest absolute Gasteiger partial charge is 0.356 e. The normalized spacial score (nSPS) is 30.7. The Bertz CT molecular complexity index is 581. The summed E-state index contributed by atoms with van der Waals surface area (Å²) in [5.41, 5.74) is 1.05. The molecule has 3 aliphatic rings. The lowest BCUT2D eigenvalue weighted by molar-refractivity contribution is 0.430. The quantitative estimate of drug-likeness (QED) is 0.470. The highest BCUT2D eigenvalue weighted by molar-refractivity contribution is 7.91. The van der Waals surface area contributed by atoms with Crippen molar-refractivity contribution in [3.8, 4) is 0 Å². The lowest BCUT2D eigenvalue weighted by atomic mass is 10.0. The maximum absolute atomic E-state index is 11.6. The molecule has 1 aliphatic carbocycles. The van der Waals surface area contributed by atoms with Gasteiger partial charge in [0.05, 0.1) is 18.1 Å². The van der Waals surface area contributed by atoms with Crippen LogP contribution in [0.4, 0.5) is 0 Å². The molecular weight excluding hydrogens is 310 g/mol. The Morgan fingerprint density at radius 3 is 2.65 bits per heavy atom. The number of likely N-dealkylation sites (tertiary alicyclic amines) is 1. The molecule has 6 heteroatoms. The molecule has 1 N–H and O–H groups in total. The number of aliphatic imine (C=N–C) groups is 1. The van der Waals surface area contributed by atoms with E-state index in [1.807, 2.05) is 6.92 Å². The minimum atomic E-state index is -2.81. The van der Waals surface area contributed by atoms with Gasteiger partial charge in [0.25, 0.3) is 0 Å². The zero-order valence-corrected chi connectivity index (χ0v) is 14.9. The molecule has 2 atom stereocenters. The third-order valence-corrected chi connectivity index (χ3v) is 7.02. The fourth-order valence-corrected chi connectivity index (χ4v) is 5.54. The summed E-state index contributed by atoms with van der Waals surface area (Å²) in [5, 5.41) is 3.45. The highest BCUT2D eigenvalue weighted by atomic mass is 32.2. The summed E-state index contributed by atoms with van der Waals surface area (Å²) in [7, 11) is -2.81. The summed E-state index contributed by atoms with van der Waals surface area (Å²) < 4.78 is 23.2. The Morgan fingerprint density at radius 2 is 2.04 bits per heavy atom. The van der Waals surface area contributed by atoms with Crippen molar-refractivity contribution in [1.29, 1.82) is 0 Å². The highest BCUT2D eigenvalue weighted by Gasteiger charge is 2.37. The molecule has 130 valence electrons. The van der Waals surface area contributed by atoms with Crippen LogP contribution in [0.25, 0.3) is 0 Å². The fourth-order valence-electron chi connectivity index (χ4n) is 3.68. The van der Waals surface area contributed by atoms with Crippen LogP contribution >= 0.6 is 0 Å². The van der Waals surface area contributed by atoms with Crippen molar-refractivity contribution >= 4 is 15.8 Å². The topological polar surface area (TPSA) is 61.8 Å². The van der Waals surface area contributed by atoms with Crippen LogP contribution in [0.15, 0.2) is 17.1 Å². The van der Waals surface area contributed by atoms with Crippen LogP contribution in [0.2, 0.25) is 0 Å². The van der Waals surface area contributed by atoms with Crippen molar-refractivity contribution in [1.82, 2.24) is 10.2 Å². The molecule has 0 amide bonds. The van der Waals surface area contributed by atoms with E-state index in [9.17, 15) is 8.42 Å². The van der Waals surface area contributed by atoms with Crippen LogP contribution in [0, 0.1) is 17.8 Å². The first-order chi connectivity index (χ1) is 10.9. The summed E-state index contributed by atoms with van der Waals surface area (Å²) in [6.07, 6.45) is 4.82. The second-order valence-corrected chi connectivity index (χ2v) is 9.81. The molecule has 0 aromatic heterocycles. The van der Waals surface area contributed by atoms with Gasteiger partial charge in [0.15, 0.2) is 15.8 Å². The molecule has 3 rings (SSSR count). The molecule has 0 spiro atoms. The number of rotatable bonds is 5. The van der Waals surface area contributed by atoms with Gasteiger partial charge in [-0.05, 0) is 50.4 Å². The predicted molar refractivity (Wildman–Crippen MR) is 94.3 cm³/mol. The number of nitrogens with zero attached hydrogens (tertiary/aromatic N) is 2. The standard InChI is InChI=1S/C17H29N3O2S/c1-13(2)9-18-17(19-10-14-6-8-23(21,22)12-14)20-7-5-16(11-20)15-3-4-15/h14-16H,1,3-12H2,2H3,(H,18,19). The lowest BCUT2D eigenvalue weighted by Gasteiger charge is -2.23. The molecule has 0 aromatic carbocycles. The monoisotopic (exact) mass is 339 g/mol. The molecule has 2 heterocycles. The van der Waals surface area contributed by atoms with E-state index in [1.165, 1.54) is 19.3 Å². The lowest BCUT2D eigenvalue weighted by Crippen LogP contribution is -2.42. The number of hydrogen-bond acceptors (Lipinski definition) is 3. The SMILES string of the molecule is C=C(C)CN=C(NCC1CCS(=O)(=O)C1)N1CCC(C2CC2)C1. The van der Waals surface area contributed by atoms with E-state index >= 15 is 0 Å². The molecule has 0 radical (unpaired) electrons. The van der Waals surface area contributed by atoms with Crippen LogP contribution in [-0.4, -0.2) is 57.0 Å². The van der Waals surface area contributed by atoms with Crippen molar-refractivity contribution in [3.05, 3.63) is 12.2 Å². The molecule has 2 aliphatic heterocycles. The zero-order valence-electron chi connectivity index (χ0n) is 14.1. The first-order valence-corrected chi connectivity index (χ1v) is 10.6. The zero-order chi connectivity index (χ0) is 16.4. The van der Waals surface area contributed by atoms with E-state index in [0.717, 1.165) is 42.9 Å². The van der Waals surface area contributed by atoms with Gasteiger partial charge in [-0.25, -0.2) is 13.4 Å². The molecule has 0 aromatic rings. The van der Waals surface area contributed by atoms with Gasteiger partial charge in [-0.1, -0.05) is 12.2 Å². The number of nitrogens with one attached hydrogen (secondary N) is 1. The van der Waals surface area contributed by atoms with Gasteiger partial charge in [-0.3, -0.25) is 0 Å². The first kappa shape index (κ1) is 16.8. The molecule has 0 bridgehead atoms. The number of sulfone groups is 1. The van der Waals surface area contributed by atoms with E-state index in [1.54, 1.807) is 0 Å². The van der Waals surface area contributed by atoms with Gasteiger partial charge in [0.2, 0.25) is 0 Å². The minimum absolute atomic E-state index is 0.219. The van der Waals surface area contributed by atoms with E-state index in [0.29, 0.717) is 24.6 Å². The molecule has 2 unspecified atom stereocenters. The van der Waals surface area contributed by atoms with Crippen LogP contribution in [0.1, 0.15) is 32.6 Å². The summed E-state index contributed by atoms with van der Waals surface area (Å²) in [6.45, 7) is 9.42. The molecule has 5 nitrogen and oxygen atoms in total. The molecular formula is C17H29N3O2S. The van der Waals surface area contributed by atoms with Gasteiger partial charge >= 0.3 is 0 Å². The van der Waals surface area contributed by atoms with Crippen molar-refractivity contribution < 1.29 is 8.42 Å². The second-order valence-electron chi connectivity index (χ2n) is 7.58. The van der Waals surface area contributed by atoms with Crippen LogP contribution in [-0.2, 0) is 9.84 Å². The third-order valence-electron chi connectivity index (χ3n) is 5.19. The van der Waals surface area contributed by atoms with Crippen molar-refractivity contribution in [2.75, 3.05) is 37.7 Å². The van der Waals surface area contributed by atoms with Gasteiger partial charge in [-0.15, -0.1) is 0 Å². The first-order valence-electron chi connectivity index (χ1n) is 8.81. The molecule has 3 fully saturated rings. The van der Waals surface area contributed by atoms with Crippen LogP contribution in [0.5, 0.6) is 0 Å². The average Bonchev–Trinajstić information content (AvgIpc) is 3.11.